The molecule has 0 aliphatic heterocycles. The van der Waals surface area contributed by atoms with Crippen LogP contribution in [0.25, 0.3) is 0 Å². The first kappa shape index (κ1) is 13.9. The van der Waals surface area contributed by atoms with Gasteiger partial charge in [-0.25, -0.2) is 0 Å². The fourth-order valence-corrected chi connectivity index (χ4v) is 5.44. The molecule has 3 fully saturated rings. The van der Waals surface area contributed by atoms with Crippen LogP contribution in [0, 0.1) is 29.6 Å². The number of hydrogen-bond acceptors (Lipinski definition) is 1. The van der Waals surface area contributed by atoms with E-state index in [0.717, 1.165) is 24.2 Å². The lowest BCUT2D eigenvalue weighted by atomic mass is 9.72. The van der Waals surface area contributed by atoms with E-state index in [1.165, 1.54) is 25.7 Å². The fourth-order valence-electron chi connectivity index (χ4n) is 5.10. The number of benzene rings is 1. The molecule has 112 valence electrons. The molecule has 3 aliphatic carbocycles. The number of anilines is 1. The van der Waals surface area contributed by atoms with Crippen LogP contribution in [0.4, 0.5) is 5.69 Å². The maximum atomic E-state index is 12.7. The van der Waals surface area contributed by atoms with E-state index >= 15 is 0 Å². The van der Waals surface area contributed by atoms with Gasteiger partial charge in [-0.15, -0.1) is 0 Å². The van der Waals surface area contributed by atoms with E-state index in [2.05, 4.69) is 5.32 Å². The molecular formula is C17H19Cl2NO. The molecule has 0 radical (unpaired) electrons. The van der Waals surface area contributed by atoms with Gasteiger partial charge in [0, 0.05) is 10.9 Å². The molecule has 4 rings (SSSR count). The summed E-state index contributed by atoms with van der Waals surface area (Å²) < 4.78 is 0. The van der Waals surface area contributed by atoms with Crippen molar-refractivity contribution in [1.29, 1.82) is 0 Å². The summed E-state index contributed by atoms with van der Waals surface area (Å²) >= 11 is 12.1. The highest BCUT2D eigenvalue weighted by molar-refractivity contribution is 6.35. The summed E-state index contributed by atoms with van der Waals surface area (Å²) in [6, 6.07) is 5.20. The zero-order valence-corrected chi connectivity index (χ0v) is 13.3. The third kappa shape index (κ3) is 2.37. The number of amides is 1. The van der Waals surface area contributed by atoms with Crippen molar-refractivity contribution in [2.24, 2.45) is 29.6 Å². The monoisotopic (exact) mass is 323 g/mol. The summed E-state index contributed by atoms with van der Waals surface area (Å²) in [5, 5.41) is 4.17. The first-order chi connectivity index (χ1) is 10.1. The Hall–Kier alpha value is -0.730. The molecule has 0 aromatic heterocycles. The van der Waals surface area contributed by atoms with Crippen molar-refractivity contribution in [2.75, 3.05) is 5.32 Å². The predicted molar refractivity (Wildman–Crippen MR) is 85.6 cm³/mol. The Balaban J connectivity index is 1.54. The molecule has 1 amide bonds. The lowest BCUT2D eigenvalue weighted by molar-refractivity contribution is -0.123. The van der Waals surface area contributed by atoms with Crippen molar-refractivity contribution in [2.45, 2.75) is 32.1 Å². The van der Waals surface area contributed by atoms with E-state index in [-0.39, 0.29) is 11.8 Å². The first-order valence-electron chi connectivity index (χ1n) is 7.87. The average Bonchev–Trinajstić information content (AvgIpc) is 2.97. The molecule has 1 N–H and O–H groups in total. The Labute approximate surface area is 135 Å². The average molecular weight is 324 g/mol. The van der Waals surface area contributed by atoms with Crippen molar-refractivity contribution in [3.63, 3.8) is 0 Å². The van der Waals surface area contributed by atoms with E-state index in [4.69, 9.17) is 23.2 Å². The van der Waals surface area contributed by atoms with Crippen LogP contribution in [-0.4, -0.2) is 5.91 Å². The number of hydrogen-bond donors (Lipinski definition) is 1. The lowest BCUT2D eigenvalue weighted by Crippen LogP contribution is -2.35. The molecule has 3 aliphatic rings. The van der Waals surface area contributed by atoms with Gasteiger partial charge in [0.1, 0.15) is 0 Å². The standard InChI is InChI=1S/C17H19Cl2NO/c18-11-2-4-15(19)16(8-11)20-17(21)14-7-9-5-10-1-3-12(14)13(10)6-9/h2,4,8-10,12-14H,1,3,5-7H2,(H,20,21)/t9-,10-,12-,13-,14+/m0/s1. The second-order valence-electron chi connectivity index (χ2n) is 6.96. The van der Waals surface area contributed by atoms with Crippen molar-refractivity contribution in [1.82, 2.24) is 0 Å². The molecule has 2 nitrogen and oxygen atoms in total. The predicted octanol–water partition coefficient (Wildman–Crippen LogP) is 5.00. The molecule has 0 unspecified atom stereocenters. The normalized spacial score (nSPS) is 36.8. The van der Waals surface area contributed by atoms with Gasteiger partial charge in [0.2, 0.25) is 5.91 Å². The number of rotatable bonds is 2. The topological polar surface area (TPSA) is 29.1 Å². The quantitative estimate of drug-likeness (QED) is 0.814. The molecule has 0 saturated heterocycles. The van der Waals surface area contributed by atoms with Gasteiger partial charge in [-0.3, -0.25) is 4.79 Å². The van der Waals surface area contributed by atoms with Crippen LogP contribution in [-0.2, 0) is 4.79 Å². The van der Waals surface area contributed by atoms with Crippen LogP contribution in [0.3, 0.4) is 0 Å². The maximum absolute atomic E-state index is 12.7. The van der Waals surface area contributed by atoms with E-state index < -0.39 is 0 Å². The van der Waals surface area contributed by atoms with Crippen LogP contribution in [0.15, 0.2) is 18.2 Å². The minimum Gasteiger partial charge on any atom is -0.324 e. The van der Waals surface area contributed by atoms with Crippen molar-refractivity contribution >= 4 is 34.8 Å². The van der Waals surface area contributed by atoms with Crippen LogP contribution in [0.2, 0.25) is 10.0 Å². The summed E-state index contributed by atoms with van der Waals surface area (Å²) in [7, 11) is 0. The van der Waals surface area contributed by atoms with Gasteiger partial charge in [-0.05, 0) is 74.0 Å². The summed E-state index contributed by atoms with van der Waals surface area (Å²) in [5.41, 5.74) is 0.640. The van der Waals surface area contributed by atoms with E-state index in [1.807, 2.05) is 0 Å². The largest absolute Gasteiger partial charge is 0.324 e. The van der Waals surface area contributed by atoms with Gasteiger partial charge in [0.05, 0.1) is 10.7 Å². The highest BCUT2D eigenvalue weighted by Gasteiger charge is 2.52. The summed E-state index contributed by atoms with van der Waals surface area (Å²) in [6.07, 6.45) is 6.32. The lowest BCUT2D eigenvalue weighted by Gasteiger charge is -2.33. The van der Waals surface area contributed by atoms with Gasteiger partial charge in [0.15, 0.2) is 0 Å². The Morgan fingerprint density at radius 2 is 1.95 bits per heavy atom. The maximum Gasteiger partial charge on any atom is 0.227 e. The minimum absolute atomic E-state index is 0.140. The van der Waals surface area contributed by atoms with Gasteiger partial charge < -0.3 is 5.32 Å². The molecule has 0 spiro atoms. The highest BCUT2D eigenvalue weighted by atomic mass is 35.5. The van der Waals surface area contributed by atoms with Crippen LogP contribution >= 0.6 is 23.2 Å². The molecule has 5 atom stereocenters. The van der Waals surface area contributed by atoms with Crippen molar-refractivity contribution in [3.8, 4) is 0 Å². The molecular weight excluding hydrogens is 305 g/mol. The van der Waals surface area contributed by atoms with E-state index in [9.17, 15) is 4.79 Å². The van der Waals surface area contributed by atoms with Gasteiger partial charge in [0.25, 0.3) is 0 Å². The number of halogens is 2. The van der Waals surface area contributed by atoms with Gasteiger partial charge >= 0.3 is 0 Å². The number of carbonyl (C=O) groups excluding carboxylic acids is 1. The Morgan fingerprint density at radius 3 is 2.81 bits per heavy atom. The molecule has 1 aromatic rings. The van der Waals surface area contributed by atoms with Gasteiger partial charge in [-0.1, -0.05) is 23.2 Å². The van der Waals surface area contributed by atoms with E-state index in [0.29, 0.717) is 21.7 Å². The van der Waals surface area contributed by atoms with Crippen LogP contribution < -0.4 is 5.32 Å². The van der Waals surface area contributed by atoms with Gasteiger partial charge in [-0.2, -0.15) is 0 Å². The van der Waals surface area contributed by atoms with E-state index in [1.54, 1.807) is 18.2 Å². The number of nitrogens with one attached hydrogen (secondary N) is 1. The highest BCUT2D eigenvalue weighted by Crippen LogP contribution is 2.58. The smallest absolute Gasteiger partial charge is 0.227 e. The third-order valence-electron chi connectivity index (χ3n) is 5.89. The zero-order chi connectivity index (χ0) is 14.6. The van der Waals surface area contributed by atoms with Crippen LogP contribution in [0.1, 0.15) is 32.1 Å². The molecule has 3 saturated carbocycles. The second-order valence-corrected chi connectivity index (χ2v) is 7.80. The molecule has 1 aromatic carbocycles. The Bertz CT molecular complexity index is 586. The van der Waals surface area contributed by atoms with Crippen molar-refractivity contribution < 1.29 is 4.79 Å². The Kier molecular flexibility index (Phi) is 3.42. The number of carbonyl (C=O) groups is 1. The third-order valence-corrected chi connectivity index (χ3v) is 6.46. The summed E-state index contributed by atoms with van der Waals surface area (Å²) in [5.74, 6) is 3.36. The summed E-state index contributed by atoms with van der Waals surface area (Å²) in [6.45, 7) is 0. The minimum atomic E-state index is 0.140. The number of fused-ring (bicyclic) bond motifs is 1. The second kappa shape index (κ2) is 5.17. The van der Waals surface area contributed by atoms with Crippen molar-refractivity contribution in [3.05, 3.63) is 28.2 Å². The fraction of sp³-hybridized carbons (Fsp3) is 0.588. The SMILES string of the molecule is O=C(Nc1cc(Cl)ccc1Cl)[C@@H]1C[C@H]2C[C@@H]3CC[C@H]1[C@H]3C2. The molecule has 2 bridgehead atoms. The summed E-state index contributed by atoms with van der Waals surface area (Å²) in [4.78, 5) is 12.7. The molecule has 4 heteroatoms. The zero-order valence-electron chi connectivity index (χ0n) is 11.8. The Morgan fingerprint density at radius 1 is 1.10 bits per heavy atom. The van der Waals surface area contributed by atoms with Crippen LogP contribution in [0.5, 0.6) is 0 Å². The molecule has 0 heterocycles. The first-order valence-corrected chi connectivity index (χ1v) is 8.63. The molecule has 21 heavy (non-hydrogen) atoms.